The van der Waals surface area contributed by atoms with Gasteiger partial charge in [0, 0.05) is 17.1 Å². The molecule has 0 aliphatic carbocycles. The molecule has 1 aromatic rings. The first-order valence-electron chi connectivity index (χ1n) is 3.62. The summed E-state index contributed by atoms with van der Waals surface area (Å²) in [5.74, 6) is 0. The standard InChI is InChI=1S/C9H8BrN/c10-9-2-1-7-3-4-11-6-8(7)5-9/h1-2,4-5H,3,6H2. The van der Waals surface area contributed by atoms with Crippen molar-refractivity contribution in [2.45, 2.75) is 13.0 Å². The Morgan fingerprint density at radius 3 is 3.09 bits per heavy atom. The average molecular weight is 210 g/mol. The van der Waals surface area contributed by atoms with Gasteiger partial charge in [-0.15, -0.1) is 0 Å². The normalized spacial score (nSPS) is 14.6. The molecular weight excluding hydrogens is 202 g/mol. The number of aliphatic imine (C=N–C) groups is 1. The highest BCUT2D eigenvalue weighted by Crippen LogP contribution is 2.19. The molecule has 0 saturated heterocycles. The van der Waals surface area contributed by atoms with Crippen LogP contribution in [0.4, 0.5) is 0 Å². The van der Waals surface area contributed by atoms with E-state index in [4.69, 9.17) is 0 Å². The van der Waals surface area contributed by atoms with Crippen molar-refractivity contribution in [3.8, 4) is 0 Å². The highest BCUT2D eigenvalue weighted by atomic mass is 79.9. The van der Waals surface area contributed by atoms with Crippen LogP contribution < -0.4 is 0 Å². The van der Waals surface area contributed by atoms with Gasteiger partial charge in [-0.3, -0.25) is 4.99 Å². The minimum absolute atomic E-state index is 0.842. The fraction of sp³-hybridized carbons (Fsp3) is 0.222. The number of hydrogen-bond acceptors (Lipinski definition) is 1. The SMILES string of the molecule is Brc1ccc2c(c1)CN=CC2. The topological polar surface area (TPSA) is 12.4 Å². The van der Waals surface area contributed by atoms with Gasteiger partial charge in [-0.05, 0) is 23.3 Å². The third-order valence-corrected chi connectivity index (χ3v) is 2.36. The average Bonchev–Trinajstić information content (AvgIpc) is 2.04. The molecule has 1 aromatic carbocycles. The summed E-state index contributed by atoms with van der Waals surface area (Å²) in [6.07, 6.45) is 2.97. The highest BCUT2D eigenvalue weighted by Gasteiger charge is 2.04. The van der Waals surface area contributed by atoms with E-state index in [-0.39, 0.29) is 0 Å². The fourth-order valence-electron chi connectivity index (χ4n) is 1.27. The van der Waals surface area contributed by atoms with Crippen molar-refractivity contribution in [2.75, 3.05) is 0 Å². The maximum absolute atomic E-state index is 4.21. The van der Waals surface area contributed by atoms with E-state index in [1.54, 1.807) is 0 Å². The monoisotopic (exact) mass is 209 g/mol. The molecule has 0 unspecified atom stereocenters. The summed E-state index contributed by atoms with van der Waals surface area (Å²) < 4.78 is 1.15. The lowest BCUT2D eigenvalue weighted by atomic mass is 10.0. The van der Waals surface area contributed by atoms with Gasteiger partial charge < -0.3 is 0 Å². The Kier molecular flexibility index (Phi) is 1.78. The quantitative estimate of drug-likeness (QED) is 0.624. The van der Waals surface area contributed by atoms with Crippen LogP contribution in [0.2, 0.25) is 0 Å². The predicted molar refractivity (Wildman–Crippen MR) is 50.0 cm³/mol. The lowest BCUT2D eigenvalue weighted by Gasteiger charge is -2.09. The van der Waals surface area contributed by atoms with Gasteiger partial charge in [0.25, 0.3) is 0 Å². The minimum atomic E-state index is 0.842. The third-order valence-electron chi connectivity index (χ3n) is 1.87. The van der Waals surface area contributed by atoms with Crippen LogP contribution in [0.5, 0.6) is 0 Å². The number of benzene rings is 1. The predicted octanol–water partition coefficient (Wildman–Crippen LogP) is 2.58. The Morgan fingerprint density at radius 1 is 1.27 bits per heavy atom. The molecule has 1 aliphatic rings. The van der Waals surface area contributed by atoms with Crippen molar-refractivity contribution in [3.05, 3.63) is 33.8 Å². The van der Waals surface area contributed by atoms with Crippen molar-refractivity contribution in [2.24, 2.45) is 4.99 Å². The number of nitrogens with zero attached hydrogens (tertiary/aromatic N) is 1. The summed E-state index contributed by atoms with van der Waals surface area (Å²) in [6, 6.07) is 6.38. The zero-order valence-corrected chi connectivity index (χ0v) is 7.63. The van der Waals surface area contributed by atoms with E-state index in [0.717, 1.165) is 17.4 Å². The largest absolute Gasteiger partial charge is 0.292 e. The van der Waals surface area contributed by atoms with E-state index < -0.39 is 0 Å². The van der Waals surface area contributed by atoms with Crippen molar-refractivity contribution in [1.29, 1.82) is 0 Å². The van der Waals surface area contributed by atoms with Gasteiger partial charge in [-0.25, -0.2) is 0 Å². The molecule has 0 bridgehead atoms. The van der Waals surface area contributed by atoms with Gasteiger partial charge in [-0.1, -0.05) is 22.0 Å². The molecule has 0 aromatic heterocycles. The van der Waals surface area contributed by atoms with Crippen LogP contribution in [0.25, 0.3) is 0 Å². The van der Waals surface area contributed by atoms with Crippen LogP contribution in [0.15, 0.2) is 27.7 Å². The third kappa shape index (κ3) is 1.36. The van der Waals surface area contributed by atoms with Crippen LogP contribution in [0.3, 0.4) is 0 Å². The molecule has 0 saturated carbocycles. The highest BCUT2D eigenvalue weighted by molar-refractivity contribution is 9.10. The van der Waals surface area contributed by atoms with Gasteiger partial charge in [0.15, 0.2) is 0 Å². The van der Waals surface area contributed by atoms with E-state index >= 15 is 0 Å². The molecule has 0 spiro atoms. The molecule has 0 radical (unpaired) electrons. The Labute approximate surface area is 74.3 Å². The van der Waals surface area contributed by atoms with Crippen LogP contribution >= 0.6 is 15.9 Å². The number of halogens is 1. The van der Waals surface area contributed by atoms with Crippen molar-refractivity contribution >= 4 is 22.1 Å². The second kappa shape index (κ2) is 2.78. The van der Waals surface area contributed by atoms with Gasteiger partial charge in [0.1, 0.15) is 0 Å². The fourth-order valence-corrected chi connectivity index (χ4v) is 1.68. The molecule has 56 valence electrons. The molecule has 2 heteroatoms. The molecule has 1 nitrogen and oxygen atoms in total. The number of rotatable bonds is 0. The minimum Gasteiger partial charge on any atom is -0.292 e. The molecule has 0 amide bonds. The summed E-state index contributed by atoms with van der Waals surface area (Å²) >= 11 is 3.44. The molecule has 0 atom stereocenters. The lowest BCUT2D eigenvalue weighted by molar-refractivity contribution is 1.00. The summed E-state index contributed by atoms with van der Waals surface area (Å²) in [6.45, 7) is 0.842. The summed E-state index contributed by atoms with van der Waals surface area (Å²) in [4.78, 5) is 4.21. The van der Waals surface area contributed by atoms with Crippen molar-refractivity contribution < 1.29 is 0 Å². The van der Waals surface area contributed by atoms with E-state index in [1.165, 1.54) is 11.1 Å². The summed E-state index contributed by atoms with van der Waals surface area (Å²) in [7, 11) is 0. The van der Waals surface area contributed by atoms with Gasteiger partial charge in [-0.2, -0.15) is 0 Å². The first-order chi connectivity index (χ1) is 5.36. The zero-order valence-electron chi connectivity index (χ0n) is 6.05. The van der Waals surface area contributed by atoms with E-state index in [1.807, 2.05) is 6.21 Å². The molecule has 1 aliphatic heterocycles. The maximum atomic E-state index is 4.21. The second-order valence-corrected chi connectivity index (χ2v) is 3.56. The molecule has 0 fully saturated rings. The van der Waals surface area contributed by atoms with Crippen molar-refractivity contribution in [1.82, 2.24) is 0 Å². The first kappa shape index (κ1) is 7.04. The van der Waals surface area contributed by atoms with Crippen LogP contribution in [0, 0.1) is 0 Å². The Hall–Kier alpha value is -0.630. The lowest BCUT2D eigenvalue weighted by Crippen LogP contribution is -1.99. The Balaban J connectivity index is 2.48. The Bertz CT molecular complexity index is 304. The van der Waals surface area contributed by atoms with Gasteiger partial charge in [0.2, 0.25) is 0 Å². The van der Waals surface area contributed by atoms with Crippen molar-refractivity contribution in [3.63, 3.8) is 0 Å². The van der Waals surface area contributed by atoms with Crippen LogP contribution in [-0.2, 0) is 13.0 Å². The molecule has 11 heavy (non-hydrogen) atoms. The summed E-state index contributed by atoms with van der Waals surface area (Å²) in [5.41, 5.74) is 2.75. The zero-order chi connectivity index (χ0) is 7.68. The number of hydrogen-bond donors (Lipinski definition) is 0. The molecular formula is C9H8BrN. The van der Waals surface area contributed by atoms with Gasteiger partial charge >= 0.3 is 0 Å². The second-order valence-electron chi connectivity index (χ2n) is 2.64. The molecule has 1 heterocycles. The summed E-state index contributed by atoms with van der Waals surface area (Å²) in [5, 5.41) is 0. The Morgan fingerprint density at radius 2 is 2.18 bits per heavy atom. The van der Waals surface area contributed by atoms with E-state index in [2.05, 4.69) is 39.1 Å². The first-order valence-corrected chi connectivity index (χ1v) is 4.41. The van der Waals surface area contributed by atoms with Crippen LogP contribution in [0.1, 0.15) is 11.1 Å². The van der Waals surface area contributed by atoms with E-state index in [9.17, 15) is 0 Å². The molecule has 0 N–H and O–H groups in total. The van der Waals surface area contributed by atoms with Gasteiger partial charge in [0.05, 0.1) is 6.54 Å². The smallest absolute Gasteiger partial charge is 0.0639 e. The maximum Gasteiger partial charge on any atom is 0.0639 e. The van der Waals surface area contributed by atoms with Crippen LogP contribution in [-0.4, -0.2) is 6.21 Å². The number of fused-ring (bicyclic) bond motifs is 1. The molecule has 2 rings (SSSR count). The van der Waals surface area contributed by atoms with E-state index in [0.29, 0.717) is 0 Å².